The van der Waals surface area contributed by atoms with Crippen molar-refractivity contribution < 1.29 is 42.1 Å². The zero-order valence-electron chi connectivity index (χ0n) is 5.24. The maximum atomic E-state index is 9.67. The van der Waals surface area contributed by atoms with E-state index >= 15 is 0 Å². The summed E-state index contributed by atoms with van der Waals surface area (Å²) in [6.07, 6.45) is 0. The Bertz CT molecular complexity index is 267. The van der Waals surface area contributed by atoms with E-state index in [1.165, 1.54) is 0 Å². The van der Waals surface area contributed by atoms with Gasteiger partial charge in [0.05, 0.1) is 3.87 Å². The molecule has 0 aromatic heterocycles. The van der Waals surface area contributed by atoms with Gasteiger partial charge in [-0.2, -0.15) is 16.8 Å². The first-order valence-corrected chi connectivity index (χ1v) is 4.39. The van der Waals surface area contributed by atoms with E-state index in [0.717, 1.165) is 0 Å². The molecule has 0 saturated carbocycles. The van der Waals surface area contributed by atoms with E-state index in [2.05, 4.69) is 0 Å². The van der Waals surface area contributed by atoms with Crippen LogP contribution < -0.4 is 0 Å². The summed E-state index contributed by atoms with van der Waals surface area (Å²) < 4.78 is 52.6. The van der Waals surface area contributed by atoms with Gasteiger partial charge in [0.2, 0.25) is 0 Å². The van der Waals surface area contributed by atoms with Crippen molar-refractivity contribution in [1.82, 2.24) is 3.87 Å². The van der Waals surface area contributed by atoms with Crippen molar-refractivity contribution in [1.29, 1.82) is 0 Å². The van der Waals surface area contributed by atoms with Gasteiger partial charge >= 0.3 is 72.0 Å². The van der Waals surface area contributed by atoms with Crippen LogP contribution in [0.15, 0.2) is 0 Å². The van der Waals surface area contributed by atoms with E-state index in [-0.39, 0.29) is 62.3 Å². The summed E-state index contributed by atoms with van der Waals surface area (Å²) in [5.74, 6) is 0. The van der Waals surface area contributed by atoms with Gasteiger partial charge in [0, 0.05) is 0 Å². The van der Waals surface area contributed by atoms with E-state index < -0.39 is 24.5 Å². The van der Waals surface area contributed by atoms with Crippen molar-refractivity contribution in [3.63, 3.8) is 0 Å². The summed E-state index contributed by atoms with van der Waals surface area (Å²) in [5.41, 5.74) is 0. The van der Waals surface area contributed by atoms with Crippen molar-refractivity contribution in [2.75, 3.05) is 0 Å². The maximum absolute atomic E-state index is 9.67. The van der Waals surface area contributed by atoms with Gasteiger partial charge in [-0.15, -0.1) is 0 Å². The summed E-state index contributed by atoms with van der Waals surface area (Å²) in [6.45, 7) is 0. The summed E-state index contributed by atoms with van der Waals surface area (Å²) in [7, 11) is -10.6. The molecule has 0 atom stereocenters. The minimum absolute atomic E-state index is 0. The molecule has 13 heavy (non-hydrogen) atoms. The fourth-order valence-electron chi connectivity index (χ4n) is 0.119. The second kappa shape index (κ2) is 7.57. The Morgan fingerprint density at radius 3 is 1.00 bits per heavy atom. The number of hydrogen-bond acceptors (Lipinski definition) is 5. The quantitative estimate of drug-likeness (QED) is 0.257. The fourth-order valence-corrected chi connectivity index (χ4v) is 1.07. The zero-order valence-corrected chi connectivity index (χ0v) is 6.87. The second-order valence-electron chi connectivity index (χ2n) is 1.13. The van der Waals surface area contributed by atoms with Crippen molar-refractivity contribution in [2.45, 2.75) is 0 Å². The van der Waals surface area contributed by atoms with E-state index in [9.17, 15) is 16.8 Å². The normalized spacial score (nSPS) is 10.8. The van der Waals surface area contributed by atoms with Crippen LogP contribution in [0.1, 0.15) is 0 Å². The van der Waals surface area contributed by atoms with Crippen molar-refractivity contribution in [3.05, 3.63) is 0 Å². The van der Waals surface area contributed by atoms with E-state index in [0.29, 0.717) is 0 Å². The Morgan fingerprint density at radius 2 is 1.00 bits per heavy atom. The molecule has 0 bridgehead atoms. The monoisotopic (exact) mass is 269 g/mol. The van der Waals surface area contributed by atoms with Crippen LogP contribution in [0.5, 0.6) is 0 Å². The number of nitrogens with zero attached hydrogens (tertiary/aromatic N) is 1. The first-order chi connectivity index (χ1) is 4.15. The van der Waals surface area contributed by atoms with Crippen molar-refractivity contribution in [3.8, 4) is 0 Å². The fraction of sp³-hybridized carbons (Fsp3) is 0. The molecule has 13 heteroatoms. The standard InChI is InChI=1S/K.H3NO7S2.2H2O.H/c;2-1(9(3,4)5)10(6,7)8;;;/h;2H,(H,3,4,5)(H,6,7,8);2*1H2;. The zero-order chi connectivity index (χ0) is 8.58. The van der Waals surface area contributed by atoms with E-state index in [4.69, 9.17) is 14.3 Å². The first-order valence-electron chi connectivity index (χ1n) is 1.60. The van der Waals surface area contributed by atoms with Crippen LogP contribution in [-0.4, -0.2) is 97.4 Å². The first kappa shape index (κ1) is 23.8. The van der Waals surface area contributed by atoms with Crippen molar-refractivity contribution in [2.24, 2.45) is 0 Å². The Morgan fingerprint density at radius 1 is 0.846 bits per heavy atom. The van der Waals surface area contributed by atoms with Crippen LogP contribution in [0, 0.1) is 0 Å². The van der Waals surface area contributed by atoms with Gasteiger partial charge in [0.15, 0.2) is 0 Å². The van der Waals surface area contributed by atoms with Crippen LogP contribution in [0.4, 0.5) is 0 Å². The number of rotatable bonds is 2. The van der Waals surface area contributed by atoms with Gasteiger partial charge in [-0.25, -0.2) is 0 Å². The van der Waals surface area contributed by atoms with E-state index in [1.807, 2.05) is 0 Å². The molecule has 0 aliphatic heterocycles. The van der Waals surface area contributed by atoms with Crippen LogP contribution in [0.25, 0.3) is 0 Å². The van der Waals surface area contributed by atoms with Crippen LogP contribution in [-0.2, 0) is 20.6 Å². The average Bonchev–Trinajstić information content (AvgIpc) is 1.59. The van der Waals surface area contributed by atoms with Gasteiger partial charge in [-0.1, -0.05) is 0 Å². The van der Waals surface area contributed by atoms with Crippen LogP contribution >= 0.6 is 0 Å². The average molecular weight is 269 g/mol. The molecule has 80 valence electrons. The van der Waals surface area contributed by atoms with Crippen molar-refractivity contribution >= 4 is 72.0 Å². The molecular formula is H8KNO9S2. The molecule has 7 N–H and O–H groups in total. The van der Waals surface area contributed by atoms with Gasteiger partial charge in [0.25, 0.3) is 0 Å². The molecule has 0 aliphatic rings. The summed E-state index contributed by atoms with van der Waals surface area (Å²) in [6, 6.07) is 0. The molecule has 0 fully saturated rings. The summed E-state index contributed by atoms with van der Waals surface area (Å²) >= 11 is 0. The Balaban J connectivity index is -0.000000135. The molecule has 0 heterocycles. The Kier molecular flexibility index (Phi) is 13.9. The second-order valence-corrected chi connectivity index (χ2v) is 3.85. The molecule has 0 aliphatic carbocycles. The molecule has 0 saturated heterocycles. The van der Waals surface area contributed by atoms with Gasteiger partial charge in [-0.05, 0) is 0 Å². The molecule has 0 unspecified atom stereocenters. The molecule has 0 spiro atoms. The van der Waals surface area contributed by atoms with Gasteiger partial charge in [0.1, 0.15) is 0 Å². The third-order valence-corrected chi connectivity index (χ3v) is 2.31. The SMILES string of the molecule is O.O.O=S(=O)(O)N(O)S(=O)(=O)O.[KH]. The Hall–Kier alpha value is 1.30. The summed E-state index contributed by atoms with van der Waals surface area (Å²) in [5, 5.41) is 7.88. The molecule has 0 radical (unpaired) electrons. The van der Waals surface area contributed by atoms with Gasteiger partial charge < -0.3 is 11.0 Å². The predicted octanol–water partition coefficient (Wildman–Crippen LogP) is -4.01. The predicted molar refractivity (Wildman–Crippen MR) is 41.1 cm³/mol. The molecule has 0 aromatic rings. The third-order valence-electron chi connectivity index (χ3n) is 0.395. The Labute approximate surface area is 116 Å². The number of hydrogen-bond donors (Lipinski definition) is 3. The van der Waals surface area contributed by atoms with E-state index in [1.54, 1.807) is 0 Å². The van der Waals surface area contributed by atoms with Gasteiger partial charge in [-0.3, -0.25) is 14.3 Å². The molecule has 10 nitrogen and oxygen atoms in total. The summed E-state index contributed by atoms with van der Waals surface area (Å²) in [4.78, 5) is 0. The molecule has 0 rings (SSSR count). The topological polar surface area (TPSA) is 195 Å². The molecule has 0 aromatic carbocycles. The van der Waals surface area contributed by atoms with Crippen LogP contribution in [0.2, 0.25) is 0 Å². The minimum atomic E-state index is -5.31. The van der Waals surface area contributed by atoms with Crippen LogP contribution in [0.3, 0.4) is 0 Å². The third kappa shape index (κ3) is 9.60. The molecule has 0 amide bonds. The molecular weight excluding hydrogens is 261 g/mol.